The normalized spacial score (nSPS) is 10.8. The first-order valence-electron chi connectivity index (χ1n) is 8.02. The van der Waals surface area contributed by atoms with E-state index in [9.17, 15) is 9.59 Å². The van der Waals surface area contributed by atoms with Crippen molar-refractivity contribution in [2.75, 3.05) is 6.54 Å². The quantitative estimate of drug-likeness (QED) is 0.366. The van der Waals surface area contributed by atoms with Crippen LogP contribution in [-0.4, -0.2) is 29.1 Å². The second kappa shape index (κ2) is 8.49. The summed E-state index contributed by atoms with van der Waals surface area (Å²) in [4.78, 5) is 23.0. The predicted molar refractivity (Wildman–Crippen MR) is 104 cm³/mol. The second-order valence-electron chi connectivity index (χ2n) is 5.79. The molecule has 1 aromatic heterocycles. The van der Waals surface area contributed by atoms with E-state index in [1.165, 1.54) is 12.3 Å². The molecule has 0 aliphatic carbocycles. The molecule has 1 aromatic carbocycles. The molecule has 0 fully saturated rings. The fourth-order valence-corrected chi connectivity index (χ4v) is 2.67. The molecule has 0 atom stereocenters. The fraction of sp³-hybridized carbons (Fsp3) is 0.211. The minimum Gasteiger partial charge on any atom is -0.344 e. The highest BCUT2D eigenvalue weighted by molar-refractivity contribution is 6.35. The molecule has 0 saturated heterocycles. The summed E-state index contributed by atoms with van der Waals surface area (Å²) < 4.78 is 2.05. The van der Waals surface area contributed by atoms with Crippen molar-refractivity contribution < 1.29 is 9.59 Å². The van der Waals surface area contributed by atoms with Gasteiger partial charge in [0, 0.05) is 34.2 Å². The van der Waals surface area contributed by atoms with Crippen LogP contribution < -0.4 is 10.7 Å². The molecular weight excluding hydrogens is 352 g/mol. The van der Waals surface area contributed by atoms with Gasteiger partial charge in [-0.25, -0.2) is 5.43 Å². The molecule has 0 radical (unpaired) electrons. The van der Waals surface area contributed by atoms with Crippen molar-refractivity contribution in [1.82, 2.24) is 15.3 Å². The van der Waals surface area contributed by atoms with Gasteiger partial charge in [-0.2, -0.15) is 5.10 Å². The molecule has 6 nitrogen and oxygen atoms in total. The third-order valence-electron chi connectivity index (χ3n) is 3.87. The molecule has 2 aromatic rings. The van der Waals surface area contributed by atoms with E-state index in [2.05, 4.69) is 22.4 Å². The lowest BCUT2D eigenvalue weighted by atomic mass is 10.2. The molecule has 0 bridgehead atoms. The number of aromatic nitrogens is 1. The van der Waals surface area contributed by atoms with Gasteiger partial charge in [0.15, 0.2) is 0 Å². The van der Waals surface area contributed by atoms with Gasteiger partial charge in [0.2, 0.25) is 0 Å². The predicted octanol–water partition coefficient (Wildman–Crippen LogP) is 2.81. The number of nitrogens with zero attached hydrogens (tertiary/aromatic N) is 2. The molecule has 2 rings (SSSR count). The van der Waals surface area contributed by atoms with E-state index in [0.29, 0.717) is 5.02 Å². The van der Waals surface area contributed by atoms with Gasteiger partial charge in [-0.3, -0.25) is 9.59 Å². The number of aryl methyl sites for hydroxylation is 2. The van der Waals surface area contributed by atoms with Gasteiger partial charge < -0.3 is 9.88 Å². The lowest BCUT2D eigenvalue weighted by Gasteiger charge is -2.11. The van der Waals surface area contributed by atoms with Crippen LogP contribution in [0.1, 0.15) is 22.5 Å². The number of rotatable bonds is 5. The Kier molecular flexibility index (Phi) is 6.36. The second-order valence-corrected chi connectivity index (χ2v) is 6.20. The lowest BCUT2D eigenvalue weighted by molar-refractivity contribution is -0.139. The molecule has 0 spiro atoms. The third-order valence-corrected chi connectivity index (χ3v) is 4.27. The Morgan fingerprint density at radius 1 is 1.23 bits per heavy atom. The highest BCUT2D eigenvalue weighted by Gasteiger charge is 2.12. The van der Waals surface area contributed by atoms with Crippen LogP contribution in [0.3, 0.4) is 0 Å². The van der Waals surface area contributed by atoms with Crippen molar-refractivity contribution >= 4 is 29.6 Å². The van der Waals surface area contributed by atoms with E-state index >= 15 is 0 Å². The number of nitrogens with one attached hydrogen (secondary N) is 2. The summed E-state index contributed by atoms with van der Waals surface area (Å²) in [6.07, 6.45) is 2.99. The summed E-state index contributed by atoms with van der Waals surface area (Å²) >= 11 is 6.23. The van der Waals surface area contributed by atoms with Crippen LogP contribution in [0.25, 0.3) is 5.69 Å². The van der Waals surface area contributed by atoms with E-state index in [-0.39, 0.29) is 6.54 Å². The Bertz CT molecular complexity index is 884. The molecule has 0 aliphatic heterocycles. The van der Waals surface area contributed by atoms with Crippen LogP contribution in [0, 0.1) is 20.8 Å². The zero-order chi connectivity index (χ0) is 19.3. The van der Waals surface area contributed by atoms with Gasteiger partial charge in [-0.05, 0) is 44.5 Å². The number of halogens is 1. The first-order chi connectivity index (χ1) is 12.3. The molecule has 1 heterocycles. The van der Waals surface area contributed by atoms with Crippen LogP contribution in [0.15, 0.2) is 42.0 Å². The number of carbonyl (C=O) groups excluding carboxylic acids is 2. The highest BCUT2D eigenvalue weighted by Crippen LogP contribution is 2.24. The molecule has 7 heteroatoms. The van der Waals surface area contributed by atoms with E-state index in [1.807, 2.05) is 49.6 Å². The monoisotopic (exact) mass is 372 g/mol. The summed E-state index contributed by atoms with van der Waals surface area (Å²) in [6.45, 7) is 9.55. The maximum absolute atomic E-state index is 11.6. The Balaban J connectivity index is 2.17. The zero-order valence-corrected chi connectivity index (χ0v) is 15.7. The van der Waals surface area contributed by atoms with E-state index in [4.69, 9.17) is 11.6 Å². The molecule has 26 heavy (non-hydrogen) atoms. The van der Waals surface area contributed by atoms with Crippen molar-refractivity contribution in [1.29, 1.82) is 0 Å². The Hall–Kier alpha value is -2.86. The maximum Gasteiger partial charge on any atom is 0.329 e. The first-order valence-corrected chi connectivity index (χ1v) is 8.40. The van der Waals surface area contributed by atoms with E-state index in [0.717, 1.165) is 28.2 Å². The Labute approximate surface area is 157 Å². The smallest absolute Gasteiger partial charge is 0.329 e. The lowest BCUT2D eigenvalue weighted by Crippen LogP contribution is -2.37. The van der Waals surface area contributed by atoms with Gasteiger partial charge >= 0.3 is 11.8 Å². The van der Waals surface area contributed by atoms with Crippen molar-refractivity contribution in [3.63, 3.8) is 0 Å². The van der Waals surface area contributed by atoms with Crippen LogP contribution in [0.5, 0.6) is 0 Å². The Morgan fingerprint density at radius 2 is 1.96 bits per heavy atom. The zero-order valence-electron chi connectivity index (χ0n) is 15.0. The van der Waals surface area contributed by atoms with E-state index < -0.39 is 11.8 Å². The highest BCUT2D eigenvalue weighted by atomic mass is 35.5. The molecule has 0 saturated carbocycles. The van der Waals surface area contributed by atoms with Gasteiger partial charge in [-0.1, -0.05) is 23.7 Å². The first kappa shape index (κ1) is 19.5. The summed E-state index contributed by atoms with van der Waals surface area (Å²) in [6, 6.07) is 7.81. The minimum atomic E-state index is -0.831. The molecule has 136 valence electrons. The van der Waals surface area contributed by atoms with Crippen LogP contribution in [-0.2, 0) is 9.59 Å². The molecule has 0 aliphatic rings. The topological polar surface area (TPSA) is 75.5 Å². The average Bonchev–Trinajstić information content (AvgIpc) is 2.89. The minimum absolute atomic E-state index is 0.218. The van der Waals surface area contributed by atoms with Crippen LogP contribution >= 0.6 is 11.6 Å². The largest absolute Gasteiger partial charge is 0.344 e. The number of hydrogen-bond acceptors (Lipinski definition) is 3. The van der Waals surface area contributed by atoms with Gasteiger partial charge in [0.05, 0.1) is 6.21 Å². The average molecular weight is 373 g/mol. The van der Waals surface area contributed by atoms with Gasteiger partial charge in [-0.15, -0.1) is 6.58 Å². The third kappa shape index (κ3) is 4.40. The SMILES string of the molecule is C=CCNC(=O)C(=O)N/N=C\c1cc(C)n(-c2ccc(C)c(Cl)c2)c1C. The van der Waals surface area contributed by atoms with Crippen LogP contribution in [0.4, 0.5) is 0 Å². The van der Waals surface area contributed by atoms with Gasteiger partial charge in [0.1, 0.15) is 0 Å². The number of amides is 2. The molecule has 2 N–H and O–H groups in total. The van der Waals surface area contributed by atoms with Crippen molar-refractivity contribution in [2.45, 2.75) is 20.8 Å². The van der Waals surface area contributed by atoms with Gasteiger partial charge in [0.25, 0.3) is 0 Å². The fourth-order valence-electron chi connectivity index (χ4n) is 2.49. The summed E-state index contributed by atoms with van der Waals surface area (Å²) in [5, 5.41) is 6.94. The van der Waals surface area contributed by atoms with Crippen LogP contribution in [0.2, 0.25) is 5.02 Å². The molecule has 2 amide bonds. The van der Waals surface area contributed by atoms with Crippen molar-refractivity contribution in [3.05, 3.63) is 64.5 Å². The number of benzene rings is 1. The number of hydrogen-bond donors (Lipinski definition) is 2. The Morgan fingerprint density at radius 3 is 2.62 bits per heavy atom. The molecular formula is C19H21ClN4O2. The molecule has 0 unspecified atom stereocenters. The summed E-state index contributed by atoms with van der Waals surface area (Å²) in [7, 11) is 0. The summed E-state index contributed by atoms with van der Waals surface area (Å²) in [5.41, 5.74) is 6.93. The maximum atomic E-state index is 11.6. The van der Waals surface area contributed by atoms with E-state index in [1.54, 1.807) is 0 Å². The van der Waals surface area contributed by atoms with Crippen molar-refractivity contribution in [2.24, 2.45) is 5.10 Å². The van der Waals surface area contributed by atoms with Crippen molar-refractivity contribution in [3.8, 4) is 5.69 Å². The standard InChI is InChI=1S/C19H21ClN4O2/c1-5-8-21-18(25)19(26)23-22-11-15-9-13(3)24(14(15)4)16-7-6-12(2)17(20)10-16/h5-7,9-11H,1,8H2,2-4H3,(H,21,25)(H,23,26)/b22-11-. The summed E-state index contributed by atoms with van der Waals surface area (Å²) in [5.74, 6) is -1.59. The number of hydrazone groups is 1. The number of carbonyl (C=O) groups is 2.